The van der Waals surface area contributed by atoms with Crippen LogP contribution in [0.25, 0.3) is 22.2 Å². The third-order valence-corrected chi connectivity index (χ3v) is 9.71. The normalized spacial score (nSPS) is 18.2. The van der Waals surface area contributed by atoms with Gasteiger partial charge in [0.2, 0.25) is 5.88 Å². The summed E-state index contributed by atoms with van der Waals surface area (Å²) >= 11 is 0. The summed E-state index contributed by atoms with van der Waals surface area (Å²) in [6, 6.07) is 10.2. The van der Waals surface area contributed by atoms with Gasteiger partial charge in [-0.15, -0.1) is 0 Å². The van der Waals surface area contributed by atoms with Crippen LogP contribution in [-0.2, 0) is 9.31 Å². The summed E-state index contributed by atoms with van der Waals surface area (Å²) in [6.45, 7) is 15.0. The van der Waals surface area contributed by atoms with Gasteiger partial charge in [0.15, 0.2) is 5.43 Å². The van der Waals surface area contributed by atoms with Crippen LogP contribution in [0, 0.1) is 19.7 Å². The van der Waals surface area contributed by atoms with Crippen LogP contribution in [0.1, 0.15) is 87.0 Å². The lowest BCUT2D eigenvalue weighted by atomic mass is 9.75. The Morgan fingerprint density at radius 1 is 1.04 bits per heavy atom. The van der Waals surface area contributed by atoms with Gasteiger partial charge in [-0.2, -0.15) is 0 Å². The van der Waals surface area contributed by atoms with Gasteiger partial charge in [-0.3, -0.25) is 14.6 Å². The van der Waals surface area contributed by atoms with Crippen LogP contribution in [0.4, 0.5) is 16.0 Å². The molecule has 0 aliphatic carbocycles. The summed E-state index contributed by atoms with van der Waals surface area (Å²) in [4.78, 5) is 32.6. The minimum Gasteiger partial charge on any atom is -0.440 e. The van der Waals surface area contributed by atoms with Crippen molar-refractivity contribution in [2.45, 2.75) is 85.0 Å². The fraction of sp³-hybridized carbons (Fsp3) is 0.417. The zero-order valence-corrected chi connectivity index (χ0v) is 27.6. The number of carbonyl (C=O) groups excluding carboxylic acids is 1. The lowest BCUT2D eigenvalue weighted by Gasteiger charge is -2.32. The predicted octanol–water partition coefficient (Wildman–Crippen LogP) is 6.89. The number of piperidine rings is 1. The van der Waals surface area contributed by atoms with Crippen molar-refractivity contribution >= 4 is 41.4 Å². The van der Waals surface area contributed by atoms with Crippen molar-refractivity contribution in [2.75, 3.05) is 23.3 Å². The molecule has 2 saturated heterocycles. The molecule has 0 spiro atoms. The number of halogens is 1. The van der Waals surface area contributed by atoms with Crippen LogP contribution in [0.3, 0.4) is 0 Å². The van der Waals surface area contributed by atoms with Crippen molar-refractivity contribution < 1.29 is 22.9 Å². The second-order valence-electron chi connectivity index (χ2n) is 13.6. The second kappa shape index (κ2) is 12.0. The molecule has 1 atom stereocenters. The Labute approximate surface area is 269 Å². The molecule has 1 N–H and O–H groups in total. The Bertz CT molecular complexity index is 1870. The number of hydrogen-bond acceptors (Lipinski definition) is 8. The summed E-state index contributed by atoms with van der Waals surface area (Å²) in [5.41, 5.74) is 3.27. The van der Waals surface area contributed by atoms with Gasteiger partial charge < -0.3 is 23.9 Å². The van der Waals surface area contributed by atoms with E-state index in [0.29, 0.717) is 45.6 Å². The standard InChI is InChI=1S/C36H41BFN3O5/c1-21-16-26(33-27(17-21)32(43)22(2)34(44-33)41-14-9-8-10-15-41)23(3)40-29-12-11-13-39-31(29)24-18-25(20-42)30(28(38)19-24)37-45-35(4,5)36(6,7)46-37/h11-13,16-20,23,40H,8-10,14-15H2,1-7H3. The van der Waals surface area contributed by atoms with E-state index >= 15 is 4.39 Å². The molecule has 46 heavy (non-hydrogen) atoms. The molecule has 2 fully saturated rings. The van der Waals surface area contributed by atoms with Gasteiger partial charge >= 0.3 is 7.12 Å². The number of nitrogens with zero attached hydrogens (tertiary/aromatic N) is 2. The summed E-state index contributed by atoms with van der Waals surface area (Å²) in [7, 11) is -1.02. The van der Waals surface area contributed by atoms with E-state index in [9.17, 15) is 9.59 Å². The van der Waals surface area contributed by atoms with Crippen molar-refractivity contribution in [3.63, 3.8) is 0 Å². The minimum atomic E-state index is -1.02. The molecule has 1 unspecified atom stereocenters. The molecule has 2 aromatic heterocycles. The summed E-state index contributed by atoms with van der Waals surface area (Å²) in [6.07, 6.45) is 5.54. The number of fused-ring (bicyclic) bond motifs is 1. The van der Waals surface area contributed by atoms with Gasteiger partial charge in [0, 0.05) is 41.4 Å². The highest BCUT2D eigenvalue weighted by Gasteiger charge is 2.53. The first-order valence-corrected chi connectivity index (χ1v) is 16.0. The maximum Gasteiger partial charge on any atom is 0.498 e. The van der Waals surface area contributed by atoms with Crippen molar-refractivity contribution in [1.82, 2.24) is 4.98 Å². The zero-order chi connectivity index (χ0) is 33.0. The summed E-state index contributed by atoms with van der Waals surface area (Å²) in [5.74, 6) is 0.0188. The van der Waals surface area contributed by atoms with Gasteiger partial charge in [0.1, 0.15) is 17.7 Å². The highest BCUT2D eigenvalue weighted by Crippen LogP contribution is 2.38. The molecular formula is C36H41BFN3O5. The van der Waals surface area contributed by atoms with E-state index in [-0.39, 0.29) is 22.5 Å². The van der Waals surface area contributed by atoms with Crippen molar-refractivity contribution in [3.05, 3.63) is 80.9 Å². The smallest absolute Gasteiger partial charge is 0.440 e. The first-order chi connectivity index (χ1) is 21.8. The number of pyridine rings is 1. The van der Waals surface area contributed by atoms with E-state index in [4.69, 9.17) is 13.7 Å². The number of anilines is 2. The number of hydrogen-bond donors (Lipinski definition) is 1. The van der Waals surface area contributed by atoms with E-state index in [1.165, 1.54) is 12.5 Å². The molecule has 6 rings (SSSR count). The van der Waals surface area contributed by atoms with E-state index < -0.39 is 24.1 Å². The molecule has 0 radical (unpaired) electrons. The van der Waals surface area contributed by atoms with E-state index in [0.717, 1.165) is 37.1 Å². The van der Waals surface area contributed by atoms with Gasteiger partial charge in [-0.25, -0.2) is 4.39 Å². The van der Waals surface area contributed by atoms with Crippen molar-refractivity contribution in [3.8, 4) is 11.3 Å². The first kappa shape index (κ1) is 31.9. The molecule has 2 aromatic carbocycles. The molecule has 8 nitrogen and oxygen atoms in total. The van der Waals surface area contributed by atoms with Crippen LogP contribution in [0.2, 0.25) is 0 Å². The number of aromatic nitrogens is 1. The Morgan fingerprint density at radius 3 is 2.41 bits per heavy atom. The van der Waals surface area contributed by atoms with Crippen LogP contribution >= 0.6 is 0 Å². The maximum absolute atomic E-state index is 15.9. The van der Waals surface area contributed by atoms with Gasteiger partial charge in [-0.05, 0) is 104 Å². The average molecular weight is 626 g/mol. The van der Waals surface area contributed by atoms with Crippen molar-refractivity contribution in [2.24, 2.45) is 0 Å². The fourth-order valence-corrected chi connectivity index (χ4v) is 6.42. The molecule has 4 aromatic rings. The van der Waals surface area contributed by atoms with Crippen LogP contribution in [0.15, 0.2) is 51.8 Å². The Morgan fingerprint density at radius 2 is 1.74 bits per heavy atom. The Balaban J connectivity index is 1.38. The molecule has 4 heterocycles. The summed E-state index contributed by atoms with van der Waals surface area (Å²) in [5, 5.41) is 4.07. The van der Waals surface area contributed by atoms with Gasteiger partial charge in [0.25, 0.3) is 0 Å². The molecule has 0 bridgehead atoms. The third kappa shape index (κ3) is 5.62. The van der Waals surface area contributed by atoms with Crippen LogP contribution in [0.5, 0.6) is 0 Å². The van der Waals surface area contributed by atoms with Gasteiger partial charge in [0.05, 0.1) is 39.6 Å². The SMILES string of the molecule is Cc1cc(C(C)Nc2cccnc2-c2cc(F)c(B3OC(C)(C)C(C)(C)O3)c(C=O)c2)c2oc(N3CCCCC3)c(C)c(=O)c2c1. The Hall–Kier alpha value is -4.02. The van der Waals surface area contributed by atoms with Crippen LogP contribution in [-0.4, -0.2) is 42.7 Å². The molecule has 240 valence electrons. The highest BCUT2D eigenvalue weighted by molar-refractivity contribution is 6.63. The number of carbonyl (C=O) groups is 1. The molecule has 0 amide bonds. The third-order valence-electron chi connectivity index (χ3n) is 9.71. The largest absolute Gasteiger partial charge is 0.498 e. The lowest BCUT2D eigenvalue weighted by molar-refractivity contribution is 0.00578. The monoisotopic (exact) mass is 625 g/mol. The number of rotatable bonds is 7. The predicted molar refractivity (Wildman–Crippen MR) is 181 cm³/mol. The zero-order valence-electron chi connectivity index (χ0n) is 27.6. The minimum absolute atomic E-state index is 0.0278. The van der Waals surface area contributed by atoms with Gasteiger partial charge in [-0.1, -0.05) is 6.07 Å². The quantitative estimate of drug-likeness (QED) is 0.175. The molecule has 0 saturated carbocycles. The molecule has 2 aliphatic heterocycles. The van der Waals surface area contributed by atoms with E-state index in [1.54, 1.807) is 18.3 Å². The topological polar surface area (TPSA) is 93.9 Å². The summed E-state index contributed by atoms with van der Waals surface area (Å²) < 4.78 is 34.6. The highest BCUT2D eigenvalue weighted by atomic mass is 19.1. The number of benzene rings is 2. The molecule has 2 aliphatic rings. The maximum atomic E-state index is 15.9. The first-order valence-electron chi connectivity index (χ1n) is 16.0. The fourth-order valence-electron chi connectivity index (χ4n) is 6.42. The Kier molecular flexibility index (Phi) is 8.31. The molecule has 10 heteroatoms. The second-order valence-corrected chi connectivity index (χ2v) is 13.6. The van der Waals surface area contributed by atoms with E-state index in [1.807, 2.05) is 66.7 Å². The average Bonchev–Trinajstić information content (AvgIpc) is 3.24. The van der Waals surface area contributed by atoms with Crippen molar-refractivity contribution in [1.29, 1.82) is 0 Å². The number of nitrogens with one attached hydrogen (secondary N) is 1. The lowest BCUT2D eigenvalue weighted by Crippen LogP contribution is -2.41. The number of aryl methyl sites for hydroxylation is 1. The molecular weight excluding hydrogens is 584 g/mol. The van der Waals surface area contributed by atoms with Crippen LogP contribution < -0.4 is 21.1 Å². The van der Waals surface area contributed by atoms with E-state index in [2.05, 4.69) is 15.2 Å². The number of aldehydes is 1.